The summed E-state index contributed by atoms with van der Waals surface area (Å²) in [7, 11) is 0. The Morgan fingerprint density at radius 3 is 1.19 bits per heavy atom. The number of aliphatic hydroxyl groups is 6. The highest BCUT2D eigenvalue weighted by Crippen LogP contribution is 2.23. The van der Waals surface area contributed by atoms with E-state index in [9.17, 15) is 35.4 Å². The molecule has 10 heteroatoms. The molecule has 8 atom stereocenters. The summed E-state index contributed by atoms with van der Waals surface area (Å²) >= 11 is 0. The van der Waals surface area contributed by atoms with Crippen LogP contribution < -0.4 is 5.32 Å². The Hall–Kier alpha value is -1.63. The number of hydrogen-bond acceptors (Lipinski definition) is 9. The summed E-state index contributed by atoms with van der Waals surface area (Å²) in [6, 6.07) is -0.979. The Labute approximate surface area is 462 Å². The largest absolute Gasteiger partial charge is 0.394 e. The van der Waals surface area contributed by atoms with Crippen molar-refractivity contribution in [1.29, 1.82) is 0 Å². The number of aliphatic hydroxyl groups excluding tert-OH is 6. The molecule has 0 saturated carbocycles. The van der Waals surface area contributed by atoms with Crippen molar-refractivity contribution in [3.8, 4) is 0 Å². The highest BCUT2D eigenvalue weighted by molar-refractivity contribution is 5.80. The third-order valence-electron chi connectivity index (χ3n) is 15.6. The van der Waals surface area contributed by atoms with Gasteiger partial charge < -0.3 is 45.4 Å². The first-order valence-corrected chi connectivity index (χ1v) is 32.3. The number of carbonyl (C=O) groups is 1. The van der Waals surface area contributed by atoms with E-state index in [-0.39, 0.29) is 6.61 Å². The Balaban J connectivity index is 2.07. The smallest absolute Gasteiger partial charge is 0.249 e. The Kier molecular flexibility index (Phi) is 51.7. The molecule has 1 amide bonds. The molecular formula is C65H123NO9. The Morgan fingerprint density at radius 1 is 0.467 bits per heavy atom. The molecule has 0 aromatic heterocycles. The highest BCUT2D eigenvalue weighted by Gasteiger charge is 2.44. The first-order valence-electron chi connectivity index (χ1n) is 32.3. The monoisotopic (exact) mass is 1060 g/mol. The molecule has 0 aromatic rings. The SMILES string of the molecule is CCCCCCCCCCCC/C=C/C(O)C(COC1OC(CO)C(O)C(O)C1O)NC(=O)C(O)CCCCCCCCCCCCCCCCCC/C=C\C/C=C\CCCCCCCCCCCCCCCCC. The molecule has 1 aliphatic rings. The average molecular weight is 1060 g/mol. The third kappa shape index (κ3) is 42.9. The third-order valence-corrected chi connectivity index (χ3v) is 15.6. The van der Waals surface area contributed by atoms with Crippen molar-refractivity contribution in [3.63, 3.8) is 0 Å². The van der Waals surface area contributed by atoms with Crippen molar-refractivity contribution < 1.29 is 44.9 Å². The van der Waals surface area contributed by atoms with E-state index in [1.54, 1.807) is 6.08 Å². The number of ether oxygens (including phenoxy) is 2. The van der Waals surface area contributed by atoms with E-state index in [1.807, 2.05) is 6.08 Å². The summed E-state index contributed by atoms with van der Waals surface area (Å²) in [6.07, 6.45) is 61.5. The molecular weight excluding hydrogens is 939 g/mol. The zero-order valence-electron chi connectivity index (χ0n) is 48.9. The number of unbranched alkanes of at least 4 members (excludes halogenated alkanes) is 41. The molecule has 1 aliphatic heterocycles. The van der Waals surface area contributed by atoms with E-state index in [2.05, 4.69) is 43.5 Å². The molecule has 10 nitrogen and oxygen atoms in total. The van der Waals surface area contributed by atoms with Crippen molar-refractivity contribution in [2.45, 2.75) is 358 Å². The molecule has 0 bridgehead atoms. The van der Waals surface area contributed by atoms with E-state index in [1.165, 1.54) is 238 Å². The molecule has 442 valence electrons. The van der Waals surface area contributed by atoms with E-state index < -0.39 is 61.5 Å². The molecule has 8 unspecified atom stereocenters. The number of rotatable bonds is 56. The predicted octanol–water partition coefficient (Wildman–Crippen LogP) is 15.7. The first kappa shape index (κ1) is 71.4. The minimum absolute atomic E-state index is 0.304. The van der Waals surface area contributed by atoms with Gasteiger partial charge in [-0.2, -0.15) is 0 Å². The van der Waals surface area contributed by atoms with Crippen LogP contribution in [0.4, 0.5) is 0 Å². The van der Waals surface area contributed by atoms with Gasteiger partial charge in [0.25, 0.3) is 0 Å². The second-order valence-corrected chi connectivity index (χ2v) is 22.7. The van der Waals surface area contributed by atoms with Gasteiger partial charge in [0.05, 0.1) is 25.4 Å². The zero-order valence-corrected chi connectivity index (χ0v) is 48.9. The lowest BCUT2D eigenvalue weighted by molar-refractivity contribution is -0.302. The second-order valence-electron chi connectivity index (χ2n) is 22.7. The van der Waals surface area contributed by atoms with Gasteiger partial charge in [0, 0.05) is 0 Å². The van der Waals surface area contributed by atoms with E-state index >= 15 is 0 Å². The maximum atomic E-state index is 13.1. The van der Waals surface area contributed by atoms with Crippen molar-refractivity contribution in [3.05, 3.63) is 36.5 Å². The van der Waals surface area contributed by atoms with Crippen molar-refractivity contribution in [1.82, 2.24) is 5.32 Å². The first-order chi connectivity index (χ1) is 36.8. The minimum atomic E-state index is -1.61. The van der Waals surface area contributed by atoms with Crippen molar-refractivity contribution in [2.75, 3.05) is 13.2 Å². The predicted molar refractivity (Wildman–Crippen MR) is 315 cm³/mol. The summed E-state index contributed by atoms with van der Waals surface area (Å²) in [4.78, 5) is 13.1. The van der Waals surface area contributed by atoms with Crippen LogP contribution in [0.25, 0.3) is 0 Å². The number of nitrogens with one attached hydrogen (secondary N) is 1. The quantitative estimate of drug-likeness (QED) is 0.0232. The number of hydrogen-bond donors (Lipinski definition) is 7. The number of allylic oxidation sites excluding steroid dienone is 5. The molecule has 0 spiro atoms. The van der Waals surface area contributed by atoms with Gasteiger partial charge in [-0.3, -0.25) is 4.79 Å². The lowest BCUT2D eigenvalue weighted by Crippen LogP contribution is -2.60. The Bertz CT molecular complexity index is 1290. The van der Waals surface area contributed by atoms with Gasteiger partial charge >= 0.3 is 0 Å². The molecule has 1 saturated heterocycles. The fraction of sp³-hybridized carbons (Fsp3) is 0.892. The van der Waals surface area contributed by atoms with Crippen LogP contribution in [0.5, 0.6) is 0 Å². The highest BCUT2D eigenvalue weighted by atomic mass is 16.7. The molecule has 1 heterocycles. The van der Waals surface area contributed by atoms with Gasteiger partial charge in [-0.05, 0) is 51.4 Å². The van der Waals surface area contributed by atoms with Crippen molar-refractivity contribution in [2.24, 2.45) is 0 Å². The summed E-state index contributed by atoms with van der Waals surface area (Å²) in [5.41, 5.74) is 0. The van der Waals surface area contributed by atoms with Crippen LogP contribution in [-0.4, -0.2) is 98.7 Å². The van der Waals surface area contributed by atoms with Gasteiger partial charge in [-0.25, -0.2) is 0 Å². The van der Waals surface area contributed by atoms with Gasteiger partial charge in [0.2, 0.25) is 5.91 Å². The maximum Gasteiger partial charge on any atom is 0.249 e. The van der Waals surface area contributed by atoms with Gasteiger partial charge in [-0.1, -0.05) is 294 Å². The van der Waals surface area contributed by atoms with Crippen LogP contribution in [0.1, 0.15) is 309 Å². The maximum absolute atomic E-state index is 13.1. The fourth-order valence-corrected chi connectivity index (χ4v) is 10.4. The van der Waals surface area contributed by atoms with Crippen LogP contribution >= 0.6 is 0 Å². The van der Waals surface area contributed by atoms with Crippen LogP contribution in [0.2, 0.25) is 0 Å². The average Bonchev–Trinajstić information content (AvgIpc) is 3.41. The van der Waals surface area contributed by atoms with E-state index in [0.29, 0.717) is 6.42 Å². The zero-order chi connectivity index (χ0) is 54.5. The molecule has 0 aliphatic carbocycles. The van der Waals surface area contributed by atoms with Crippen LogP contribution in [0, 0.1) is 0 Å². The number of amides is 1. The van der Waals surface area contributed by atoms with Crippen molar-refractivity contribution >= 4 is 5.91 Å². The van der Waals surface area contributed by atoms with Crippen LogP contribution in [-0.2, 0) is 14.3 Å². The molecule has 1 fully saturated rings. The molecule has 1 rings (SSSR count). The van der Waals surface area contributed by atoms with Crippen LogP contribution in [0.3, 0.4) is 0 Å². The standard InChI is InChI=1S/C65H123NO9/c1-3-5-7-9-11-13-15-17-18-19-20-21-22-23-24-25-26-27-28-29-30-31-32-33-34-35-36-37-38-39-40-41-42-44-46-48-50-52-54-59(69)64(73)66-57(56-74-65-63(72)62(71)61(70)60(55-67)75-65)58(68)53-51-49-47-45-43-16-14-12-10-8-6-4-2/h26-27,29-30,51,53,57-63,65,67-72H,3-25,28,31-50,52,54-56H2,1-2H3,(H,66,73)/b27-26-,30-29-,53-51+. The summed E-state index contributed by atoms with van der Waals surface area (Å²) in [5.74, 6) is -0.614. The lowest BCUT2D eigenvalue weighted by atomic mass is 9.99. The fourth-order valence-electron chi connectivity index (χ4n) is 10.4. The van der Waals surface area contributed by atoms with E-state index in [4.69, 9.17) is 9.47 Å². The van der Waals surface area contributed by atoms with Gasteiger partial charge in [0.1, 0.15) is 30.5 Å². The summed E-state index contributed by atoms with van der Waals surface area (Å²) < 4.78 is 11.2. The normalized spacial score (nSPS) is 19.5. The molecule has 75 heavy (non-hydrogen) atoms. The number of carbonyl (C=O) groups excluding carboxylic acids is 1. The topological polar surface area (TPSA) is 169 Å². The summed E-state index contributed by atoms with van der Waals surface area (Å²) in [6.45, 7) is 3.63. The molecule has 0 aromatic carbocycles. The van der Waals surface area contributed by atoms with Gasteiger partial charge in [-0.15, -0.1) is 0 Å². The molecule has 7 N–H and O–H groups in total. The Morgan fingerprint density at radius 2 is 0.813 bits per heavy atom. The lowest BCUT2D eigenvalue weighted by Gasteiger charge is -2.40. The second kappa shape index (κ2) is 54.3. The van der Waals surface area contributed by atoms with Crippen LogP contribution in [0.15, 0.2) is 36.5 Å². The minimum Gasteiger partial charge on any atom is -0.394 e. The van der Waals surface area contributed by atoms with Gasteiger partial charge in [0.15, 0.2) is 6.29 Å². The molecule has 0 radical (unpaired) electrons. The van der Waals surface area contributed by atoms with E-state index in [0.717, 1.165) is 51.4 Å². The summed E-state index contributed by atoms with van der Waals surface area (Å²) in [5, 5.41) is 65.0.